The van der Waals surface area contributed by atoms with Crippen molar-refractivity contribution < 1.29 is 14.3 Å². The van der Waals surface area contributed by atoms with Crippen LogP contribution in [0.1, 0.15) is 18.9 Å². The number of carbonyl (C=O) groups is 1. The van der Waals surface area contributed by atoms with Crippen LogP contribution in [-0.4, -0.2) is 23.6 Å². The molecule has 5 nitrogen and oxygen atoms in total. The number of hydrogen-bond acceptors (Lipinski definition) is 5. The minimum absolute atomic E-state index is 0.169. The molecule has 0 fully saturated rings. The van der Waals surface area contributed by atoms with Gasteiger partial charge in [0.2, 0.25) is 0 Å². The van der Waals surface area contributed by atoms with E-state index in [1.165, 1.54) is 11.3 Å². The van der Waals surface area contributed by atoms with Crippen molar-refractivity contribution in [3.8, 4) is 11.5 Å². The van der Waals surface area contributed by atoms with Crippen molar-refractivity contribution in [1.29, 1.82) is 0 Å². The highest BCUT2D eigenvalue weighted by Crippen LogP contribution is 2.31. The van der Waals surface area contributed by atoms with Crippen LogP contribution in [0.4, 0.5) is 5.13 Å². The first-order valence-corrected chi connectivity index (χ1v) is 9.13. The molecule has 1 aliphatic rings. The van der Waals surface area contributed by atoms with E-state index in [1.54, 1.807) is 0 Å². The molecule has 1 aliphatic heterocycles. The standard InChI is InChI=1S/C19H18N2O3S/c1-2-9-23-13-7-8-14-17(11-13)25-19(20-14)21-18(22)16-10-12-5-3-4-6-15(12)24-16/h3-8,11,16H,2,9-10H2,1H3,(H,20,21,22). The van der Waals surface area contributed by atoms with Gasteiger partial charge in [-0.3, -0.25) is 10.1 Å². The molecule has 1 unspecified atom stereocenters. The maximum Gasteiger partial charge on any atom is 0.267 e. The number of rotatable bonds is 5. The zero-order chi connectivity index (χ0) is 17.2. The van der Waals surface area contributed by atoms with E-state index < -0.39 is 6.10 Å². The lowest BCUT2D eigenvalue weighted by atomic mass is 10.1. The minimum atomic E-state index is -0.507. The smallest absolute Gasteiger partial charge is 0.267 e. The number of nitrogens with one attached hydrogen (secondary N) is 1. The van der Waals surface area contributed by atoms with Crippen molar-refractivity contribution in [2.45, 2.75) is 25.9 Å². The van der Waals surface area contributed by atoms with Crippen LogP contribution >= 0.6 is 11.3 Å². The van der Waals surface area contributed by atoms with E-state index in [9.17, 15) is 4.79 Å². The summed E-state index contributed by atoms with van der Waals surface area (Å²) in [4.78, 5) is 16.9. The lowest BCUT2D eigenvalue weighted by Crippen LogP contribution is -2.31. The van der Waals surface area contributed by atoms with Crippen molar-refractivity contribution in [2.24, 2.45) is 0 Å². The summed E-state index contributed by atoms with van der Waals surface area (Å²) in [7, 11) is 0. The molecule has 1 aromatic heterocycles. The summed E-state index contributed by atoms with van der Waals surface area (Å²) in [6.07, 6.45) is 1.04. The number of aromatic nitrogens is 1. The largest absolute Gasteiger partial charge is 0.494 e. The van der Waals surface area contributed by atoms with Gasteiger partial charge in [0.15, 0.2) is 11.2 Å². The van der Waals surface area contributed by atoms with Gasteiger partial charge in [0.25, 0.3) is 5.91 Å². The number of hydrogen-bond donors (Lipinski definition) is 1. The molecule has 3 aromatic rings. The third-order valence-electron chi connectivity index (χ3n) is 4.00. The molecule has 0 saturated heterocycles. The number of fused-ring (bicyclic) bond motifs is 2. The van der Waals surface area contributed by atoms with Gasteiger partial charge in [-0.25, -0.2) is 4.98 Å². The molecule has 6 heteroatoms. The lowest BCUT2D eigenvalue weighted by Gasteiger charge is -2.09. The Labute approximate surface area is 149 Å². The monoisotopic (exact) mass is 354 g/mol. The van der Waals surface area contributed by atoms with E-state index in [4.69, 9.17) is 9.47 Å². The first-order valence-electron chi connectivity index (χ1n) is 8.32. The van der Waals surface area contributed by atoms with Crippen LogP contribution in [0, 0.1) is 0 Å². The van der Waals surface area contributed by atoms with E-state index in [0.29, 0.717) is 18.2 Å². The van der Waals surface area contributed by atoms with Crippen LogP contribution in [0.2, 0.25) is 0 Å². The van der Waals surface area contributed by atoms with Crippen LogP contribution < -0.4 is 14.8 Å². The normalized spacial score (nSPS) is 15.6. The fourth-order valence-electron chi connectivity index (χ4n) is 2.78. The van der Waals surface area contributed by atoms with E-state index in [-0.39, 0.29) is 5.91 Å². The lowest BCUT2D eigenvalue weighted by molar-refractivity contribution is -0.122. The van der Waals surface area contributed by atoms with Crippen LogP contribution in [0.3, 0.4) is 0 Å². The quantitative estimate of drug-likeness (QED) is 0.751. The Balaban J connectivity index is 1.46. The highest BCUT2D eigenvalue weighted by molar-refractivity contribution is 7.22. The third kappa shape index (κ3) is 3.30. The minimum Gasteiger partial charge on any atom is -0.494 e. The van der Waals surface area contributed by atoms with E-state index in [2.05, 4.69) is 17.2 Å². The molecule has 2 heterocycles. The first kappa shape index (κ1) is 15.9. The van der Waals surface area contributed by atoms with Gasteiger partial charge in [0, 0.05) is 6.42 Å². The van der Waals surface area contributed by atoms with Gasteiger partial charge in [0.1, 0.15) is 11.5 Å². The zero-order valence-electron chi connectivity index (χ0n) is 13.8. The molecule has 0 radical (unpaired) electrons. The van der Waals surface area contributed by atoms with E-state index in [0.717, 1.165) is 33.7 Å². The molecule has 0 bridgehead atoms. The second-order valence-corrected chi connectivity index (χ2v) is 6.94. The molecule has 1 N–H and O–H groups in total. The van der Waals surface area contributed by atoms with Gasteiger partial charge in [0.05, 0.1) is 16.8 Å². The molecule has 2 aromatic carbocycles. The van der Waals surface area contributed by atoms with Crippen LogP contribution in [0.5, 0.6) is 11.5 Å². The Hall–Kier alpha value is -2.60. The van der Waals surface area contributed by atoms with Crippen molar-refractivity contribution in [2.75, 3.05) is 11.9 Å². The van der Waals surface area contributed by atoms with Gasteiger partial charge in [-0.05, 0) is 36.2 Å². The number of carbonyl (C=O) groups excluding carboxylic acids is 1. The van der Waals surface area contributed by atoms with Crippen molar-refractivity contribution in [1.82, 2.24) is 4.98 Å². The number of thiazole rings is 1. The second-order valence-electron chi connectivity index (χ2n) is 5.90. The molecule has 0 aliphatic carbocycles. The van der Waals surface area contributed by atoms with Gasteiger partial charge in [-0.2, -0.15) is 0 Å². The van der Waals surface area contributed by atoms with Crippen LogP contribution in [-0.2, 0) is 11.2 Å². The zero-order valence-corrected chi connectivity index (χ0v) is 14.6. The number of para-hydroxylation sites is 1. The maximum absolute atomic E-state index is 12.5. The summed E-state index contributed by atoms with van der Waals surface area (Å²) < 4.78 is 12.4. The summed E-state index contributed by atoms with van der Waals surface area (Å²) in [5.41, 5.74) is 1.91. The molecule has 1 amide bonds. The number of nitrogens with zero attached hydrogens (tertiary/aromatic N) is 1. The van der Waals surface area contributed by atoms with E-state index >= 15 is 0 Å². The van der Waals surface area contributed by atoms with Crippen molar-refractivity contribution >= 4 is 32.6 Å². The van der Waals surface area contributed by atoms with Gasteiger partial charge in [-0.1, -0.05) is 36.5 Å². The Morgan fingerprint density at radius 2 is 2.24 bits per heavy atom. The SMILES string of the molecule is CCCOc1ccc2nc(NC(=O)C3Cc4ccccc4O3)sc2c1. The molecule has 1 atom stereocenters. The van der Waals surface area contributed by atoms with Crippen molar-refractivity contribution in [3.63, 3.8) is 0 Å². The average molecular weight is 354 g/mol. The number of anilines is 1. The summed E-state index contributed by atoms with van der Waals surface area (Å²) in [6.45, 7) is 2.76. The Bertz CT molecular complexity index is 897. The summed E-state index contributed by atoms with van der Waals surface area (Å²) >= 11 is 1.44. The van der Waals surface area contributed by atoms with Gasteiger partial charge in [-0.15, -0.1) is 0 Å². The predicted molar refractivity (Wildman–Crippen MR) is 98.6 cm³/mol. The average Bonchev–Trinajstić information content (AvgIpc) is 3.22. The number of ether oxygens (including phenoxy) is 2. The van der Waals surface area contributed by atoms with Crippen LogP contribution in [0.25, 0.3) is 10.2 Å². The first-order chi connectivity index (χ1) is 12.2. The molecule has 25 heavy (non-hydrogen) atoms. The van der Waals surface area contributed by atoms with Crippen LogP contribution in [0.15, 0.2) is 42.5 Å². The fraction of sp³-hybridized carbons (Fsp3) is 0.263. The second kappa shape index (κ2) is 6.72. The summed E-state index contributed by atoms with van der Waals surface area (Å²) in [5, 5.41) is 3.45. The Morgan fingerprint density at radius 3 is 3.08 bits per heavy atom. The number of benzene rings is 2. The summed E-state index contributed by atoms with van der Waals surface area (Å²) in [6, 6.07) is 13.5. The van der Waals surface area contributed by atoms with E-state index in [1.807, 2.05) is 42.5 Å². The third-order valence-corrected chi connectivity index (χ3v) is 4.94. The molecular weight excluding hydrogens is 336 g/mol. The fourth-order valence-corrected chi connectivity index (χ4v) is 3.68. The highest BCUT2D eigenvalue weighted by atomic mass is 32.1. The highest BCUT2D eigenvalue weighted by Gasteiger charge is 2.29. The number of amides is 1. The van der Waals surface area contributed by atoms with Gasteiger partial charge < -0.3 is 9.47 Å². The molecule has 0 spiro atoms. The predicted octanol–water partition coefficient (Wildman–Crippen LogP) is 4.03. The Kier molecular flexibility index (Phi) is 4.28. The van der Waals surface area contributed by atoms with Crippen molar-refractivity contribution in [3.05, 3.63) is 48.0 Å². The summed E-state index contributed by atoms with van der Waals surface area (Å²) in [5.74, 6) is 1.44. The molecule has 4 rings (SSSR count). The Morgan fingerprint density at radius 1 is 1.36 bits per heavy atom. The molecule has 128 valence electrons. The van der Waals surface area contributed by atoms with Gasteiger partial charge >= 0.3 is 0 Å². The topological polar surface area (TPSA) is 60.5 Å². The molecule has 0 saturated carbocycles. The molecular formula is C19H18N2O3S. The maximum atomic E-state index is 12.5.